The third-order valence-corrected chi connectivity index (χ3v) is 4.60. The molecular weight excluding hydrogens is 360 g/mol. The summed E-state index contributed by atoms with van der Waals surface area (Å²) in [6.45, 7) is 0. The van der Waals surface area contributed by atoms with E-state index in [4.69, 9.17) is 4.74 Å². The second-order valence-electron chi connectivity index (χ2n) is 5.56. The first-order valence-electron chi connectivity index (χ1n) is 8.15. The first-order chi connectivity index (χ1) is 13.3. The molecule has 4 rings (SSSR count). The molecule has 0 amide bonds. The fraction of sp³-hybridized carbons (Fsp3) is 0. The summed E-state index contributed by atoms with van der Waals surface area (Å²) in [5.74, 6) is 0.0159. The smallest absolute Gasteiger partial charge is 0.345 e. The summed E-state index contributed by atoms with van der Waals surface area (Å²) in [6, 6.07) is 18.3. The highest BCUT2D eigenvalue weighted by atomic mass is 32.1. The molecule has 2 heterocycles. The molecule has 0 saturated heterocycles. The Balaban J connectivity index is 1.37. The predicted molar refractivity (Wildman–Crippen MR) is 106 cm³/mol. The monoisotopic (exact) mass is 374 g/mol. The Bertz CT molecular complexity index is 1060. The van der Waals surface area contributed by atoms with E-state index in [1.807, 2.05) is 36.4 Å². The molecule has 0 aliphatic rings. The molecule has 6 nitrogen and oxygen atoms in total. The lowest BCUT2D eigenvalue weighted by Gasteiger charge is -2.04. The number of anilines is 1. The van der Waals surface area contributed by atoms with E-state index >= 15 is 0 Å². The Hall–Kier alpha value is -3.58. The third-order valence-electron chi connectivity index (χ3n) is 3.66. The van der Waals surface area contributed by atoms with Gasteiger partial charge in [0.25, 0.3) is 0 Å². The number of pyridine rings is 1. The van der Waals surface area contributed by atoms with Crippen LogP contribution in [0.2, 0.25) is 0 Å². The van der Waals surface area contributed by atoms with Crippen molar-refractivity contribution in [2.45, 2.75) is 0 Å². The van der Waals surface area contributed by atoms with Crippen LogP contribution < -0.4 is 10.2 Å². The summed E-state index contributed by atoms with van der Waals surface area (Å²) >= 11 is 1.54. The van der Waals surface area contributed by atoms with Gasteiger partial charge in [0.2, 0.25) is 5.13 Å². The van der Waals surface area contributed by atoms with Crippen LogP contribution in [-0.4, -0.2) is 22.2 Å². The summed E-state index contributed by atoms with van der Waals surface area (Å²) in [5, 5.41) is 4.93. The molecule has 132 valence electrons. The topological polar surface area (TPSA) is 76.5 Å². The first-order valence-corrected chi connectivity index (χ1v) is 8.96. The molecule has 7 heteroatoms. The number of para-hydroxylation sites is 1. The molecule has 0 saturated carbocycles. The van der Waals surface area contributed by atoms with Gasteiger partial charge in [0.05, 0.1) is 22.0 Å². The average Bonchev–Trinajstić information content (AvgIpc) is 3.13. The normalized spacial score (nSPS) is 11.0. The van der Waals surface area contributed by atoms with Gasteiger partial charge < -0.3 is 4.74 Å². The van der Waals surface area contributed by atoms with E-state index in [2.05, 4.69) is 20.5 Å². The number of hydrazone groups is 1. The zero-order valence-corrected chi connectivity index (χ0v) is 14.9. The van der Waals surface area contributed by atoms with Crippen molar-refractivity contribution in [3.8, 4) is 5.75 Å². The molecule has 0 atom stereocenters. The zero-order chi connectivity index (χ0) is 18.5. The fourth-order valence-electron chi connectivity index (χ4n) is 2.35. The summed E-state index contributed by atoms with van der Waals surface area (Å²) in [5.41, 5.74) is 5.15. The van der Waals surface area contributed by atoms with Crippen LogP contribution in [0.4, 0.5) is 5.13 Å². The minimum atomic E-state index is -0.443. The van der Waals surface area contributed by atoms with Crippen molar-refractivity contribution in [1.82, 2.24) is 9.97 Å². The SMILES string of the molecule is O=C(Oc1ccc(C=NNc2nc3ccccc3s2)cc1)c1cccnc1. The second-order valence-corrected chi connectivity index (χ2v) is 6.59. The molecule has 0 spiro atoms. The maximum absolute atomic E-state index is 12.0. The number of ether oxygens (including phenoxy) is 1. The lowest BCUT2D eigenvalue weighted by molar-refractivity contribution is 0.0734. The Morgan fingerprint density at radius 1 is 1.07 bits per heavy atom. The number of aromatic nitrogens is 2. The zero-order valence-electron chi connectivity index (χ0n) is 14.1. The van der Waals surface area contributed by atoms with Crippen LogP contribution in [0.5, 0.6) is 5.75 Å². The van der Waals surface area contributed by atoms with Crippen molar-refractivity contribution in [1.29, 1.82) is 0 Å². The number of hydrogen-bond acceptors (Lipinski definition) is 7. The van der Waals surface area contributed by atoms with E-state index in [-0.39, 0.29) is 0 Å². The number of thiazole rings is 1. The second kappa shape index (κ2) is 7.76. The van der Waals surface area contributed by atoms with Crippen molar-refractivity contribution >= 4 is 38.9 Å². The van der Waals surface area contributed by atoms with Gasteiger partial charge >= 0.3 is 5.97 Å². The summed E-state index contributed by atoms with van der Waals surface area (Å²) < 4.78 is 6.42. The van der Waals surface area contributed by atoms with Gasteiger partial charge in [-0.05, 0) is 54.1 Å². The van der Waals surface area contributed by atoms with E-state index in [9.17, 15) is 4.79 Å². The van der Waals surface area contributed by atoms with Gasteiger partial charge in [-0.3, -0.25) is 10.4 Å². The molecule has 1 N–H and O–H groups in total. The maximum Gasteiger partial charge on any atom is 0.345 e. The van der Waals surface area contributed by atoms with Crippen LogP contribution in [0.25, 0.3) is 10.2 Å². The summed E-state index contributed by atoms with van der Waals surface area (Å²) in [7, 11) is 0. The molecule has 0 fully saturated rings. The standard InChI is InChI=1S/C20H14N4O2S/c25-19(15-4-3-11-21-13-15)26-16-9-7-14(8-10-16)12-22-24-20-23-17-5-1-2-6-18(17)27-20/h1-13H,(H,23,24). The van der Waals surface area contributed by atoms with Gasteiger partial charge in [0.15, 0.2) is 0 Å². The molecule has 0 aliphatic carbocycles. The highest BCUT2D eigenvalue weighted by Gasteiger charge is 2.08. The van der Waals surface area contributed by atoms with Crippen LogP contribution >= 0.6 is 11.3 Å². The number of carbonyl (C=O) groups is 1. The Labute approximate surface area is 159 Å². The van der Waals surface area contributed by atoms with E-state index in [0.29, 0.717) is 11.3 Å². The first kappa shape index (κ1) is 16.9. The van der Waals surface area contributed by atoms with Crippen molar-refractivity contribution in [2.75, 3.05) is 5.43 Å². The minimum absolute atomic E-state index is 0.406. The van der Waals surface area contributed by atoms with Crippen molar-refractivity contribution < 1.29 is 9.53 Å². The maximum atomic E-state index is 12.0. The van der Waals surface area contributed by atoms with Crippen LogP contribution in [0, 0.1) is 0 Å². The largest absolute Gasteiger partial charge is 0.423 e. The summed E-state index contributed by atoms with van der Waals surface area (Å²) in [6.07, 6.45) is 4.75. The molecule has 0 unspecified atom stereocenters. The predicted octanol–water partition coefficient (Wildman–Crippen LogP) is 4.36. The molecule has 27 heavy (non-hydrogen) atoms. The molecular formula is C20H14N4O2S. The van der Waals surface area contributed by atoms with E-state index in [1.54, 1.807) is 48.0 Å². The number of benzene rings is 2. The fourth-order valence-corrected chi connectivity index (χ4v) is 3.17. The van der Waals surface area contributed by atoms with Gasteiger partial charge in [-0.25, -0.2) is 9.78 Å². The number of nitrogens with zero attached hydrogens (tertiary/aromatic N) is 3. The number of hydrogen-bond donors (Lipinski definition) is 1. The molecule has 2 aromatic heterocycles. The number of rotatable bonds is 5. The van der Waals surface area contributed by atoms with Crippen LogP contribution in [0.15, 0.2) is 78.2 Å². The molecule has 0 radical (unpaired) electrons. The van der Waals surface area contributed by atoms with Gasteiger partial charge in [-0.15, -0.1) is 0 Å². The third kappa shape index (κ3) is 4.16. The Morgan fingerprint density at radius 3 is 2.70 bits per heavy atom. The lowest BCUT2D eigenvalue weighted by atomic mass is 10.2. The number of fused-ring (bicyclic) bond motifs is 1. The van der Waals surface area contributed by atoms with Crippen LogP contribution in [0.1, 0.15) is 15.9 Å². The molecule has 0 aliphatic heterocycles. The molecule has 2 aromatic carbocycles. The van der Waals surface area contributed by atoms with Crippen LogP contribution in [-0.2, 0) is 0 Å². The Kier molecular flexibility index (Phi) is 4.84. The molecule has 4 aromatic rings. The number of nitrogens with one attached hydrogen (secondary N) is 1. The molecule has 0 bridgehead atoms. The number of esters is 1. The van der Waals surface area contributed by atoms with E-state index in [1.165, 1.54) is 6.20 Å². The van der Waals surface area contributed by atoms with Crippen molar-refractivity contribution in [3.63, 3.8) is 0 Å². The number of carbonyl (C=O) groups excluding carboxylic acids is 1. The summed E-state index contributed by atoms with van der Waals surface area (Å²) in [4.78, 5) is 20.4. The minimum Gasteiger partial charge on any atom is -0.423 e. The van der Waals surface area contributed by atoms with Crippen molar-refractivity contribution in [3.05, 3.63) is 84.2 Å². The highest BCUT2D eigenvalue weighted by molar-refractivity contribution is 7.22. The average molecular weight is 374 g/mol. The van der Waals surface area contributed by atoms with Gasteiger partial charge in [0.1, 0.15) is 5.75 Å². The highest BCUT2D eigenvalue weighted by Crippen LogP contribution is 2.25. The Morgan fingerprint density at radius 2 is 1.93 bits per heavy atom. The quantitative estimate of drug-likeness (QED) is 0.243. The lowest BCUT2D eigenvalue weighted by Crippen LogP contribution is -2.08. The van der Waals surface area contributed by atoms with Crippen molar-refractivity contribution in [2.24, 2.45) is 5.10 Å². The van der Waals surface area contributed by atoms with Gasteiger partial charge in [0, 0.05) is 12.4 Å². The van der Waals surface area contributed by atoms with Gasteiger partial charge in [-0.1, -0.05) is 23.5 Å². The van der Waals surface area contributed by atoms with Gasteiger partial charge in [-0.2, -0.15) is 5.10 Å². The van der Waals surface area contributed by atoms with E-state index < -0.39 is 5.97 Å². The van der Waals surface area contributed by atoms with Crippen LogP contribution in [0.3, 0.4) is 0 Å². The van der Waals surface area contributed by atoms with E-state index in [0.717, 1.165) is 20.9 Å².